The van der Waals surface area contributed by atoms with E-state index in [1.54, 1.807) is 23.1 Å². The first kappa shape index (κ1) is 22.9. The molecule has 0 atom stereocenters. The number of amides is 3. The van der Waals surface area contributed by atoms with Crippen LogP contribution in [-0.4, -0.2) is 71.7 Å². The Bertz CT molecular complexity index is 1000. The molecule has 0 radical (unpaired) electrons. The minimum Gasteiger partial charge on any atom is -0.347 e. The molecular formula is C22H25N5O5. The minimum atomic E-state index is -0.721. The zero-order chi connectivity index (χ0) is 23.1. The normalized spacial score (nSPS) is 14.0. The standard InChI is InChI=1S/C22H25N5O5/c1-16-5-7-18(8-6-16)24-21(29)20(28)23-9-10-25-11-13-26(14-12-25)22(30)17-3-2-4-19(15-17)27(31)32/h2-8,15H,9-14H2,1H3,(H,23,28)(H,24,29). The summed E-state index contributed by atoms with van der Waals surface area (Å²) in [5.74, 6) is -1.67. The monoisotopic (exact) mass is 439 g/mol. The number of carbonyl (C=O) groups is 3. The van der Waals surface area contributed by atoms with Crippen LogP contribution in [0.4, 0.5) is 11.4 Å². The molecule has 0 bridgehead atoms. The van der Waals surface area contributed by atoms with Crippen LogP contribution >= 0.6 is 0 Å². The van der Waals surface area contributed by atoms with Gasteiger partial charge in [-0.15, -0.1) is 0 Å². The lowest BCUT2D eigenvalue weighted by atomic mass is 10.1. The molecule has 1 saturated heterocycles. The van der Waals surface area contributed by atoms with Gasteiger partial charge in [-0.2, -0.15) is 0 Å². The Morgan fingerprint density at radius 2 is 1.69 bits per heavy atom. The number of benzene rings is 2. The SMILES string of the molecule is Cc1ccc(NC(=O)C(=O)NCCN2CCN(C(=O)c3cccc([N+](=O)[O-])c3)CC2)cc1. The first-order chi connectivity index (χ1) is 15.3. The van der Waals surface area contributed by atoms with Gasteiger partial charge in [-0.3, -0.25) is 29.4 Å². The summed E-state index contributed by atoms with van der Waals surface area (Å²) < 4.78 is 0. The van der Waals surface area contributed by atoms with E-state index in [9.17, 15) is 24.5 Å². The number of anilines is 1. The number of non-ortho nitro benzene ring substituents is 1. The third-order valence-corrected chi connectivity index (χ3v) is 5.19. The summed E-state index contributed by atoms with van der Waals surface area (Å²) in [4.78, 5) is 50.7. The van der Waals surface area contributed by atoms with E-state index in [4.69, 9.17) is 0 Å². The Balaban J connectivity index is 1.39. The maximum Gasteiger partial charge on any atom is 0.313 e. The quantitative estimate of drug-likeness (QED) is 0.398. The molecule has 1 heterocycles. The van der Waals surface area contributed by atoms with Crippen molar-refractivity contribution in [2.45, 2.75) is 6.92 Å². The van der Waals surface area contributed by atoms with Crippen molar-refractivity contribution in [3.8, 4) is 0 Å². The number of nitro benzene ring substituents is 1. The van der Waals surface area contributed by atoms with E-state index in [-0.39, 0.29) is 11.6 Å². The third kappa shape index (κ3) is 6.11. The van der Waals surface area contributed by atoms with E-state index in [2.05, 4.69) is 15.5 Å². The van der Waals surface area contributed by atoms with E-state index in [1.807, 2.05) is 19.1 Å². The van der Waals surface area contributed by atoms with Crippen molar-refractivity contribution >= 4 is 29.1 Å². The van der Waals surface area contributed by atoms with Crippen LogP contribution in [0.1, 0.15) is 15.9 Å². The van der Waals surface area contributed by atoms with E-state index in [0.717, 1.165) is 5.56 Å². The number of nitrogens with one attached hydrogen (secondary N) is 2. The number of piperazine rings is 1. The van der Waals surface area contributed by atoms with Crippen LogP contribution < -0.4 is 10.6 Å². The molecule has 10 heteroatoms. The van der Waals surface area contributed by atoms with Gasteiger partial charge in [-0.25, -0.2) is 0 Å². The van der Waals surface area contributed by atoms with E-state index < -0.39 is 16.7 Å². The molecule has 1 aliphatic heterocycles. The van der Waals surface area contributed by atoms with Gasteiger partial charge in [0.2, 0.25) is 0 Å². The Labute approximate surface area is 185 Å². The fourth-order valence-corrected chi connectivity index (χ4v) is 3.34. The van der Waals surface area contributed by atoms with Crippen molar-refractivity contribution in [1.29, 1.82) is 0 Å². The van der Waals surface area contributed by atoms with Crippen LogP contribution in [0.15, 0.2) is 48.5 Å². The highest BCUT2D eigenvalue weighted by molar-refractivity contribution is 6.39. The highest BCUT2D eigenvalue weighted by Gasteiger charge is 2.23. The molecule has 3 amide bonds. The Morgan fingerprint density at radius 1 is 1.00 bits per heavy atom. The lowest BCUT2D eigenvalue weighted by Gasteiger charge is -2.34. The largest absolute Gasteiger partial charge is 0.347 e. The summed E-state index contributed by atoms with van der Waals surface area (Å²) >= 11 is 0. The molecule has 2 aromatic carbocycles. The van der Waals surface area contributed by atoms with Crippen molar-refractivity contribution in [2.75, 3.05) is 44.6 Å². The van der Waals surface area contributed by atoms with Gasteiger partial charge >= 0.3 is 11.8 Å². The average molecular weight is 439 g/mol. The summed E-state index contributed by atoms with van der Waals surface area (Å²) in [6.45, 7) is 4.94. The molecule has 0 unspecified atom stereocenters. The minimum absolute atomic E-state index is 0.114. The highest BCUT2D eigenvalue weighted by Crippen LogP contribution is 2.16. The maximum atomic E-state index is 12.6. The number of aryl methyl sites for hydroxylation is 1. The summed E-state index contributed by atoms with van der Waals surface area (Å²) in [7, 11) is 0. The number of nitrogens with zero attached hydrogens (tertiary/aromatic N) is 3. The molecule has 0 saturated carbocycles. The first-order valence-corrected chi connectivity index (χ1v) is 10.3. The molecule has 1 aliphatic rings. The predicted octanol–water partition coefficient (Wildman–Crippen LogP) is 1.42. The summed E-state index contributed by atoms with van der Waals surface area (Å²) in [5, 5.41) is 16.1. The van der Waals surface area contributed by atoms with Gasteiger partial charge < -0.3 is 15.5 Å². The molecule has 0 spiro atoms. The van der Waals surface area contributed by atoms with Crippen LogP contribution in [-0.2, 0) is 9.59 Å². The van der Waals surface area contributed by atoms with Gasteiger partial charge in [0.25, 0.3) is 11.6 Å². The summed E-state index contributed by atoms with van der Waals surface area (Å²) in [5.41, 5.74) is 1.79. The number of rotatable bonds is 6. The van der Waals surface area contributed by atoms with Gasteiger partial charge in [0.05, 0.1) is 4.92 Å². The fraction of sp³-hybridized carbons (Fsp3) is 0.318. The van der Waals surface area contributed by atoms with E-state index in [1.165, 1.54) is 18.2 Å². The average Bonchev–Trinajstić information content (AvgIpc) is 2.80. The van der Waals surface area contributed by atoms with Gasteiger partial charge in [-0.05, 0) is 25.1 Å². The number of nitro groups is 1. The second kappa shape index (κ2) is 10.5. The van der Waals surface area contributed by atoms with E-state index >= 15 is 0 Å². The Hall–Kier alpha value is -3.79. The third-order valence-electron chi connectivity index (χ3n) is 5.19. The van der Waals surface area contributed by atoms with Crippen molar-refractivity contribution in [1.82, 2.24) is 15.1 Å². The number of carbonyl (C=O) groups excluding carboxylic acids is 3. The molecular weight excluding hydrogens is 414 g/mol. The highest BCUT2D eigenvalue weighted by atomic mass is 16.6. The smallest absolute Gasteiger partial charge is 0.313 e. The topological polar surface area (TPSA) is 125 Å². The first-order valence-electron chi connectivity index (χ1n) is 10.3. The lowest BCUT2D eigenvalue weighted by Crippen LogP contribution is -2.50. The van der Waals surface area contributed by atoms with Gasteiger partial charge in [-0.1, -0.05) is 23.8 Å². The summed E-state index contributed by atoms with van der Waals surface area (Å²) in [6.07, 6.45) is 0. The fourth-order valence-electron chi connectivity index (χ4n) is 3.34. The predicted molar refractivity (Wildman–Crippen MR) is 118 cm³/mol. The van der Waals surface area contributed by atoms with Crippen molar-refractivity contribution < 1.29 is 19.3 Å². The molecule has 2 aromatic rings. The molecule has 32 heavy (non-hydrogen) atoms. The van der Waals surface area contributed by atoms with Gasteiger partial charge in [0.15, 0.2) is 0 Å². The Kier molecular flexibility index (Phi) is 7.50. The second-order valence-electron chi connectivity index (χ2n) is 7.52. The van der Waals surface area contributed by atoms with Gasteiger partial charge in [0.1, 0.15) is 0 Å². The summed E-state index contributed by atoms with van der Waals surface area (Å²) in [6, 6.07) is 12.9. The number of hydrogen-bond donors (Lipinski definition) is 2. The van der Waals surface area contributed by atoms with Crippen LogP contribution in [0, 0.1) is 17.0 Å². The van der Waals surface area contributed by atoms with Gasteiger partial charge in [0, 0.05) is 62.7 Å². The molecule has 1 fully saturated rings. The van der Waals surface area contributed by atoms with Crippen molar-refractivity contribution in [2.24, 2.45) is 0 Å². The molecule has 10 nitrogen and oxygen atoms in total. The molecule has 0 aromatic heterocycles. The lowest BCUT2D eigenvalue weighted by molar-refractivity contribution is -0.384. The van der Waals surface area contributed by atoms with Crippen LogP contribution in [0.25, 0.3) is 0 Å². The zero-order valence-electron chi connectivity index (χ0n) is 17.7. The number of hydrogen-bond acceptors (Lipinski definition) is 6. The molecule has 0 aliphatic carbocycles. The van der Waals surface area contributed by atoms with E-state index in [0.29, 0.717) is 50.5 Å². The van der Waals surface area contributed by atoms with Crippen LogP contribution in [0.5, 0.6) is 0 Å². The molecule has 3 rings (SSSR count). The van der Waals surface area contributed by atoms with Crippen LogP contribution in [0.2, 0.25) is 0 Å². The van der Waals surface area contributed by atoms with Crippen molar-refractivity contribution in [3.63, 3.8) is 0 Å². The Morgan fingerprint density at radius 3 is 2.34 bits per heavy atom. The maximum absolute atomic E-state index is 12.6. The van der Waals surface area contributed by atoms with Crippen molar-refractivity contribution in [3.05, 3.63) is 69.8 Å². The molecule has 2 N–H and O–H groups in total. The second-order valence-corrected chi connectivity index (χ2v) is 7.52. The van der Waals surface area contributed by atoms with Crippen LogP contribution in [0.3, 0.4) is 0 Å². The zero-order valence-corrected chi connectivity index (χ0v) is 17.7. The molecule has 168 valence electrons.